The molecule has 40 heavy (non-hydrogen) atoms. The van der Waals surface area contributed by atoms with Crippen molar-refractivity contribution in [2.45, 2.75) is 38.4 Å². The predicted octanol–water partition coefficient (Wildman–Crippen LogP) is 5.09. The zero-order valence-corrected chi connectivity index (χ0v) is 22.5. The monoisotopic (exact) mass is 544 g/mol. The van der Waals surface area contributed by atoms with Crippen LogP contribution in [0, 0.1) is 6.92 Å². The fourth-order valence-corrected chi connectivity index (χ4v) is 5.40. The number of carboxylic acid groups (broad SMARTS) is 1. The second-order valence-corrected chi connectivity index (χ2v) is 10.0. The van der Waals surface area contributed by atoms with Crippen molar-refractivity contribution in [3.8, 4) is 11.6 Å². The van der Waals surface area contributed by atoms with Gasteiger partial charge in [-0.15, -0.1) is 0 Å². The van der Waals surface area contributed by atoms with E-state index in [0.29, 0.717) is 11.6 Å². The Kier molecular flexibility index (Phi) is 7.97. The fourth-order valence-electron chi connectivity index (χ4n) is 5.40. The molecule has 0 bridgehead atoms. The number of pyridine rings is 1. The zero-order valence-electron chi connectivity index (χ0n) is 22.5. The average molecular weight is 545 g/mol. The summed E-state index contributed by atoms with van der Waals surface area (Å²) in [5, 5.41) is 9.05. The first kappa shape index (κ1) is 27.1. The van der Waals surface area contributed by atoms with E-state index in [4.69, 9.17) is 14.6 Å². The van der Waals surface area contributed by atoms with E-state index in [1.165, 1.54) is 24.1 Å². The second kappa shape index (κ2) is 11.7. The Labute approximate surface area is 232 Å². The number of amides is 3. The number of ether oxygens (including phenoxy) is 2. The number of aromatic nitrogens is 1. The maximum Gasteiger partial charge on any atom is 0.417 e. The molecule has 0 unspecified atom stereocenters. The maximum atomic E-state index is 13.3. The predicted molar refractivity (Wildman–Crippen MR) is 146 cm³/mol. The average Bonchev–Trinajstić information content (AvgIpc) is 3.32. The number of methoxy groups -OCH3 is 1. The van der Waals surface area contributed by atoms with Gasteiger partial charge in [-0.1, -0.05) is 36.4 Å². The van der Waals surface area contributed by atoms with E-state index >= 15 is 0 Å². The molecule has 208 valence electrons. The highest BCUT2D eigenvalue weighted by Gasteiger charge is 2.45. The Morgan fingerprint density at radius 1 is 1.00 bits per heavy atom. The van der Waals surface area contributed by atoms with Gasteiger partial charge in [0.25, 0.3) is 0 Å². The summed E-state index contributed by atoms with van der Waals surface area (Å²) >= 11 is 0. The molecule has 2 aliphatic heterocycles. The van der Waals surface area contributed by atoms with Crippen LogP contribution in [0.5, 0.6) is 11.6 Å². The van der Waals surface area contributed by atoms with Crippen molar-refractivity contribution in [3.63, 3.8) is 0 Å². The van der Waals surface area contributed by atoms with Gasteiger partial charge in [-0.05, 0) is 55.2 Å². The standard InChI is InChI=1S/C30H32N4O6/c1-20-23(10-13-27(31-20)40-25-11-8-22(9-12-25)28(35)36)18-32-16-14-24(15-17-32)34-26(21-6-4-3-5-7-21)19-33(29(34)37)30(38)39-2/h3-13,24,26H,14-19H2,1-2H3,(H,35,36)/t26-/m0/s1. The zero-order chi connectivity index (χ0) is 28.2. The molecule has 2 aromatic carbocycles. The van der Waals surface area contributed by atoms with Crippen LogP contribution in [-0.2, 0) is 11.3 Å². The number of carbonyl (C=O) groups is 3. The number of rotatable bonds is 7. The number of imide groups is 1. The molecule has 0 spiro atoms. The molecule has 0 radical (unpaired) electrons. The summed E-state index contributed by atoms with van der Waals surface area (Å²) in [5.74, 6) is -0.0273. The van der Waals surface area contributed by atoms with Gasteiger partial charge in [0.05, 0.1) is 25.3 Å². The Hall–Kier alpha value is -4.44. The summed E-state index contributed by atoms with van der Waals surface area (Å²) in [5.41, 5.74) is 3.14. The van der Waals surface area contributed by atoms with E-state index in [0.717, 1.165) is 49.3 Å². The Morgan fingerprint density at radius 2 is 1.70 bits per heavy atom. The van der Waals surface area contributed by atoms with Crippen molar-refractivity contribution in [1.82, 2.24) is 19.7 Å². The lowest BCUT2D eigenvalue weighted by molar-refractivity contribution is 0.0696. The smallest absolute Gasteiger partial charge is 0.417 e. The summed E-state index contributed by atoms with van der Waals surface area (Å²) in [6.45, 7) is 4.56. The highest BCUT2D eigenvalue weighted by Crippen LogP contribution is 2.35. The van der Waals surface area contributed by atoms with Crippen molar-refractivity contribution in [2.24, 2.45) is 0 Å². The first-order valence-electron chi connectivity index (χ1n) is 13.3. The number of hydrogen-bond acceptors (Lipinski definition) is 7. The van der Waals surface area contributed by atoms with Gasteiger partial charge in [0, 0.05) is 37.4 Å². The first-order valence-corrected chi connectivity index (χ1v) is 13.3. The number of benzene rings is 2. The second-order valence-electron chi connectivity index (χ2n) is 10.0. The third-order valence-corrected chi connectivity index (χ3v) is 7.56. The maximum absolute atomic E-state index is 13.3. The molecule has 3 amide bonds. The molecule has 2 saturated heterocycles. The minimum Gasteiger partial charge on any atom is -0.478 e. The molecule has 1 N–H and O–H groups in total. The molecule has 2 fully saturated rings. The number of carbonyl (C=O) groups excluding carboxylic acids is 2. The van der Waals surface area contributed by atoms with Crippen molar-refractivity contribution in [1.29, 1.82) is 0 Å². The van der Waals surface area contributed by atoms with E-state index in [2.05, 4.69) is 9.88 Å². The van der Waals surface area contributed by atoms with Crippen LogP contribution in [0.15, 0.2) is 66.7 Å². The van der Waals surface area contributed by atoms with Crippen LogP contribution >= 0.6 is 0 Å². The molecular weight excluding hydrogens is 512 g/mol. The number of hydrogen-bond donors (Lipinski definition) is 1. The molecule has 3 heterocycles. The van der Waals surface area contributed by atoms with Crippen molar-refractivity contribution >= 4 is 18.1 Å². The molecule has 3 aromatic rings. The molecule has 5 rings (SSSR count). The van der Waals surface area contributed by atoms with Crippen molar-refractivity contribution in [2.75, 3.05) is 26.7 Å². The number of carboxylic acids is 1. The molecule has 1 aromatic heterocycles. The van der Waals surface area contributed by atoms with Gasteiger partial charge in [-0.2, -0.15) is 0 Å². The molecular formula is C30H32N4O6. The van der Waals surface area contributed by atoms with E-state index in [9.17, 15) is 14.4 Å². The van der Waals surface area contributed by atoms with Gasteiger partial charge in [0.1, 0.15) is 5.75 Å². The van der Waals surface area contributed by atoms with Crippen LogP contribution in [0.4, 0.5) is 9.59 Å². The number of piperidine rings is 1. The van der Waals surface area contributed by atoms with Gasteiger partial charge in [-0.25, -0.2) is 24.3 Å². The summed E-state index contributed by atoms with van der Waals surface area (Å²) in [4.78, 5) is 46.6. The van der Waals surface area contributed by atoms with Crippen LogP contribution in [0.3, 0.4) is 0 Å². The SMILES string of the molecule is COC(=O)N1C[C@@H](c2ccccc2)N(C2CCN(Cc3ccc(Oc4ccc(C(=O)O)cc4)nc3C)CC2)C1=O. The summed E-state index contributed by atoms with van der Waals surface area (Å²) in [6, 6.07) is 19.4. The largest absolute Gasteiger partial charge is 0.478 e. The van der Waals surface area contributed by atoms with Gasteiger partial charge in [-0.3, -0.25) is 4.90 Å². The van der Waals surface area contributed by atoms with E-state index in [-0.39, 0.29) is 30.2 Å². The number of nitrogens with zero attached hydrogens (tertiary/aromatic N) is 4. The highest BCUT2D eigenvalue weighted by atomic mass is 16.5. The molecule has 2 aliphatic rings. The molecule has 10 heteroatoms. The van der Waals surface area contributed by atoms with Crippen LogP contribution < -0.4 is 4.74 Å². The quantitative estimate of drug-likeness (QED) is 0.438. The number of aromatic carboxylic acids is 1. The Balaban J connectivity index is 1.21. The van der Waals surface area contributed by atoms with Gasteiger partial charge < -0.3 is 19.5 Å². The van der Waals surface area contributed by atoms with E-state index in [1.807, 2.05) is 54.3 Å². The van der Waals surface area contributed by atoms with Gasteiger partial charge in [0.2, 0.25) is 5.88 Å². The normalized spacial score (nSPS) is 18.1. The lowest BCUT2D eigenvalue weighted by Gasteiger charge is -2.39. The van der Waals surface area contributed by atoms with Gasteiger partial charge in [0.15, 0.2) is 0 Å². The van der Waals surface area contributed by atoms with E-state index in [1.54, 1.807) is 12.1 Å². The third kappa shape index (κ3) is 5.76. The van der Waals surface area contributed by atoms with Crippen LogP contribution in [0.2, 0.25) is 0 Å². The highest BCUT2D eigenvalue weighted by molar-refractivity contribution is 5.93. The van der Waals surface area contributed by atoms with Crippen LogP contribution in [-0.4, -0.2) is 75.7 Å². The summed E-state index contributed by atoms with van der Waals surface area (Å²) in [7, 11) is 1.29. The van der Waals surface area contributed by atoms with E-state index < -0.39 is 12.1 Å². The van der Waals surface area contributed by atoms with Gasteiger partial charge >= 0.3 is 18.1 Å². The summed E-state index contributed by atoms with van der Waals surface area (Å²) in [6.07, 6.45) is 0.965. The van der Waals surface area contributed by atoms with Crippen molar-refractivity contribution < 1.29 is 29.0 Å². The molecule has 1 atom stereocenters. The summed E-state index contributed by atoms with van der Waals surface area (Å²) < 4.78 is 10.7. The Bertz CT molecular complexity index is 1370. The number of aryl methyl sites for hydroxylation is 1. The first-order chi connectivity index (χ1) is 19.3. The third-order valence-electron chi connectivity index (χ3n) is 7.56. The number of urea groups is 1. The minimum absolute atomic E-state index is 0.0196. The molecule has 0 aliphatic carbocycles. The minimum atomic E-state index is -0.986. The van der Waals surface area contributed by atoms with Crippen molar-refractivity contribution in [3.05, 3.63) is 89.1 Å². The molecule has 10 nitrogen and oxygen atoms in total. The van der Waals surface area contributed by atoms with Crippen LogP contribution in [0.1, 0.15) is 46.1 Å². The topological polar surface area (TPSA) is 113 Å². The van der Waals surface area contributed by atoms with Crippen LogP contribution in [0.25, 0.3) is 0 Å². The lowest BCUT2D eigenvalue weighted by atomic mass is 9.98. The lowest BCUT2D eigenvalue weighted by Crippen LogP contribution is -2.47. The fraction of sp³-hybridized carbons (Fsp3) is 0.333. The Morgan fingerprint density at radius 3 is 2.33 bits per heavy atom. The number of likely N-dealkylation sites (tertiary alicyclic amines) is 1. The molecule has 0 saturated carbocycles.